The number of nitrogens with two attached hydrogens (primary N) is 1. The molecule has 2 aromatic rings. The maximum absolute atomic E-state index is 12.2. The van der Waals surface area contributed by atoms with E-state index in [1.54, 1.807) is 36.4 Å². The highest BCUT2D eigenvalue weighted by Crippen LogP contribution is 2.23. The van der Waals surface area contributed by atoms with Crippen molar-refractivity contribution in [2.45, 2.75) is 13.2 Å². The second kappa shape index (κ2) is 8.80. The first-order valence-electron chi connectivity index (χ1n) is 6.95. The number of hydroxylamine groups is 2. The van der Waals surface area contributed by atoms with Crippen molar-refractivity contribution in [3.05, 3.63) is 68.7 Å². The second-order valence-electron chi connectivity index (χ2n) is 4.86. The molecule has 0 aliphatic heterocycles. The monoisotopic (exact) mass is 402 g/mol. The highest BCUT2D eigenvalue weighted by Gasteiger charge is 2.21. The normalized spacial score (nSPS) is 10.2. The van der Waals surface area contributed by atoms with Gasteiger partial charge in [-0.2, -0.15) is 0 Å². The summed E-state index contributed by atoms with van der Waals surface area (Å²) < 4.78 is 5.11. The SMILES string of the molecule is NC(=O)ON(Cc1ccc(Cl)cc1Cl)C(=O)OCc1ccc(Cl)cc1. The van der Waals surface area contributed by atoms with E-state index >= 15 is 0 Å². The van der Waals surface area contributed by atoms with Gasteiger partial charge in [-0.05, 0) is 35.4 Å². The first-order valence-corrected chi connectivity index (χ1v) is 8.08. The van der Waals surface area contributed by atoms with Crippen LogP contribution in [0.4, 0.5) is 9.59 Å². The van der Waals surface area contributed by atoms with Crippen molar-refractivity contribution < 1.29 is 19.2 Å². The molecular formula is C16H13Cl3N2O4. The van der Waals surface area contributed by atoms with E-state index in [1.807, 2.05) is 0 Å². The molecule has 25 heavy (non-hydrogen) atoms. The fourth-order valence-electron chi connectivity index (χ4n) is 1.85. The average Bonchev–Trinajstić information content (AvgIpc) is 2.55. The molecule has 2 N–H and O–H groups in total. The highest BCUT2D eigenvalue weighted by molar-refractivity contribution is 6.35. The molecule has 6 nitrogen and oxygen atoms in total. The standard InChI is InChI=1S/C16H13Cl3N2O4/c17-12-4-1-10(2-5-12)9-24-16(23)21(25-15(20)22)8-11-3-6-13(18)7-14(11)19/h1-7H,8-9H2,(H2,20,22). The summed E-state index contributed by atoms with van der Waals surface area (Å²) in [6, 6.07) is 11.4. The van der Waals surface area contributed by atoms with Gasteiger partial charge in [0.25, 0.3) is 0 Å². The third kappa shape index (κ3) is 6.01. The van der Waals surface area contributed by atoms with Gasteiger partial charge in [0, 0.05) is 15.1 Å². The van der Waals surface area contributed by atoms with Crippen LogP contribution in [0.2, 0.25) is 15.1 Å². The predicted octanol–water partition coefficient (Wildman–Crippen LogP) is 4.80. The van der Waals surface area contributed by atoms with Crippen molar-refractivity contribution in [2.24, 2.45) is 5.73 Å². The Labute approximate surface area is 158 Å². The van der Waals surface area contributed by atoms with E-state index in [4.69, 9.17) is 50.1 Å². The van der Waals surface area contributed by atoms with Gasteiger partial charge in [-0.1, -0.05) is 53.0 Å². The minimum Gasteiger partial charge on any atom is -0.442 e. The lowest BCUT2D eigenvalue weighted by Gasteiger charge is -2.20. The third-order valence-corrected chi connectivity index (χ3v) is 3.85. The molecule has 0 bridgehead atoms. The van der Waals surface area contributed by atoms with Crippen LogP contribution in [0, 0.1) is 0 Å². The lowest BCUT2D eigenvalue weighted by molar-refractivity contribution is -0.0882. The molecule has 0 aliphatic rings. The summed E-state index contributed by atoms with van der Waals surface area (Å²) in [4.78, 5) is 27.9. The fraction of sp³-hybridized carbons (Fsp3) is 0.125. The van der Waals surface area contributed by atoms with Crippen molar-refractivity contribution >= 4 is 47.0 Å². The van der Waals surface area contributed by atoms with Gasteiger partial charge in [0.2, 0.25) is 0 Å². The van der Waals surface area contributed by atoms with E-state index in [2.05, 4.69) is 0 Å². The molecule has 0 atom stereocenters. The number of hydrogen-bond donors (Lipinski definition) is 1. The quantitative estimate of drug-likeness (QED) is 0.744. The van der Waals surface area contributed by atoms with Gasteiger partial charge in [0.15, 0.2) is 0 Å². The molecule has 0 saturated carbocycles. The third-order valence-electron chi connectivity index (χ3n) is 3.01. The lowest BCUT2D eigenvalue weighted by Crippen LogP contribution is -2.35. The predicted molar refractivity (Wildman–Crippen MR) is 94.3 cm³/mol. The van der Waals surface area contributed by atoms with E-state index in [0.717, 1.165) is 0 Å². The Kier molecular flexibility index (Phi) is 6.75. The largest absolute Gasteiger partial charge is 0.444 e. The fourth-order valence-corrected chi connectivity index (χ4v) is 2.44. The van der Waals surface area contributed by atoms with Gasteiger partial charge in [-0.3, -0.25) is 0 Å². The number of carbonyl (C=O) groups excluding carboxylic acids is 2. The summed E-state index contributed by atoms with van der Waals surface area (Å²) in [5.74, 6) is 0. The Morgan fingerprint density at radius 1 is 1.00 bits per heavy atom. The molecule has 9 heteroatoms. The first kappa shape index (κ1) is 19.2. The molecule has 0 unspecified atom stereocenters. The molecule has 2 rings (SSSR count). The van der Waals surface area contributed by atoms with Gasteiger partial charge in [-0.25, -0.2) is 9.59 Å². The Morgan fingerprint density at radius 2 is 1.64 bits per heavy atom. The maximum atomic E-state index is 12.2. The summed E-state index contributed by atoms with van der Waals surface area (Å²) in [5.41, 5.74) is 6.20. The minimum atomic E-state index is -1.16. The molecule has 0 aromatic heterocycles. The van der Waals surface area contributed by atoms with Crippen LogP contribution in [0.3, 0.4) is 0 Å². The summed E-state index contributed by atoms with van der Waals surface area (Å²) in [5, 5.41) is 1.97. The zero-order valence-electron chi connectivity index (χ0n) is 12.7. The van der Waals surface area contributed by atoms with Crippen LogP contribution in [0.5, 0.6) is 0 Å². The number of hydrogen-bond acceptors (Lipinski definition) is 4. The highest BCUT2D eigenvalue weighted by atomic mass is 35.5. The molecule has 2 aromatic carbocycles. The van der Waals surface area contributed by atoms with Crippen LogP contribution in [-0.4, -0.2) is 17.2 Å². The number of benzene rings is 2. The summed E-state index contributed by atoms with van der Waals surface area (Å²) >= 11 is 17.7. The molecule has 2 amide bonds. The Balaban J connectivity index is 2.06. The zero-order valence-corrected chi connectivity index (χ0v) is 15.0. The molecule has 0 heterocycles. The molecule has 0 aliphatic carbocycles. The summed E-state index contributed by atoms with van der Waals surface area (Å²) in [6.45, 7) is -0.193. The topological polar surface area (TPSA) is 81.9 Å². The first-order chi connectivity index (χ1) is 11.8. The molecule has 0 radical (unpaired) electrons. The van der Waals surface area contributed by atoms with Crippen molar-refractivity contribution in [2.75, 3.05) is 0 Å². The average molecular weight is 404 g/mol. The van der Waals surface area contributed by atoms with Crippen LogP contribution < -0.4 is 5.73 Å². The van der Waals surface area contributed by atoms with E-state index in [1.165, 1.54) is 6.07 Å². The number of rotatable bonds is 4. The van der Waals surface area contributed by atoms with Crippen molar-refractivity contribution in [1.29, 1.82) is 0 Å². The Morgan fingerprint density at radius 3 is 2.24 bits per heavy atom. The van der Waals surface area contributed by atoms with Crippen LogP contribution >= 0.6 is 34.8 Å². The number of primary amides is 1. The maximum Gasteiger partial charge on any atom is 0.444 e. The molecular weight excluding hydrogens is 391 g/mol. The lowest BCUT2D eigenvalue weighted by atomic mass is 10.2. The molecule has 132 valence electrons. The number of carbonyl (C=O) groups is 2. The van der Waals surface area contributed by atoms with E-state index in [9.17, 15) is 9.59 Å². The van der Waals surface area contributed by atoms with Crippen molar-refractivity contribution in [3.8, 4) is 0 Å². The molecule has 0 fully saturated rings. The van der Waals surface area contributed by atoms with Gasteiger partial charge in [-0.15, -0.1) is 5.06 Å². The van der Waals surface area contributed by atoms with Crippen LogP contribution in [0.1, 0.15) is 11.1 Å². The summed E-state index contributed by atoms with van der Waals surface area (Å²) in [7, 11) is 0. The zero-order chi connectivity index (χ0) is 18.4. The van der Waals surface area contributed by atoms with Crippen LogP contribution in [-0.2, 0) is 22.7 Å². The van der Waals surface area contributed by atoms with Gasteiger partial charge >= 0.3 is 12.2 Å². The Hall–Kier alpha value is -2.15. The van der Waals surface area contributed by atoms with Gasteiger partial charge < -0.3 is 15.3 Å². The molecule has 0 spiro atoms. The number of ether oxygens (including phenoxy) is 1. The number of halogens is 3. The van der Waals surface area contributed by atoms with Crippen molar-refractivity contribution in [3.63, 3.8) is 0 Å². The van der Waals surface area contributed by atoms with E-state index in [-0.39, 0.29) is 13.2 Å². The Bertz CT molecular complexity index is 768. The second-order valence-corrected chi connectivity index (χ2v) is 6.14. The minimum absolute atomic E-state index is 0.0387. The van der Waals surface area contributed by atoms with E-state index < -0.39 is 12.2 Å². The van der Waals surface area contributed by atoms with Crippen LogP contribution in [0.15, 0.2) is 42.5 Å². The number of amides is 2. The smallest absolute Gasteiger partial charge is 0.442 e. The molecule has 0 saturated heterocycles. The van der Waals surface area contributed by atoms with Gasteiger partial charge in [0.05, 0.1) is 6.54 Å². The van der Waals surface area contributed by atoms with Gasteiger partial charge in [0.1, 0.15) is 6.61 Å². The van der Waals surface area contributed by atoms with Crippen molar-refractivity contribution in [1.82, 2.24) is 5.06 Å². The van der Waals surface area contributed by atoms with Crippen LogP contribution in [0.25, 0.3) is 0 Å². The number of nitrogens with zero attached hydrogens (tertiary/aromatic N) is 1. The summed E-state index contributed by atoms with van der Waals surface area (Å²) in [6.07, 6.45) is -2.06. The van der Waals surface area contributed by atoms with E-state index in [0.29, 0.717) is 31.3 Å².